The molecule has 0 radical (unpaired) electrons. The monoisotopic (exact) mass is 358 g/mol. The number of rotatable bonds is 0. The van der Waals surface area contributed by atoms with Crippen LogP contribution >= 0.6 is 0 Å². The number of halogens is 2. The third-order valence-corrected chi connectivity index (χ3v) is 0. The molecule has 6 heavy (non-hydrogen) atoms. The zero-order valence-electron chi connectivity index (χ0n) is 2.57. The van der Waals surface area contributed by atoms with Gasteiger partial charge in [0.1, 0.15) is 0 Å². The van der Waals surface area contributed by atoms with E-state index in [1.165, 1.54) is 0 Å². The summed E-state index contributed by atoms with van der Waals surface area (Å²) >= 11 is -2.51. The third kappa shape index (κ3) is 64.2. The van der Waals surface area contributed by atoms with Crippen LogP contribution in [0.4, 0.5) is 0 Å². The fraction of sp³-hybridized carbons (Fsp3) is 0. The van der Waals surface area contributed by atoms with E-state index < -0.39 is 27.8 Å². The van der Waals surface area contributed by atoms with E-state index in [9.17, 15) is 0 Å². The first-order valence-corrected chi connectivity index (χ1v) is 3.81. The molecular formula is H2Cl2O3U. The quantitative estimate of drug-likeness (QED) is 0.432. The van der Waals surface area contributed by atoms with E-state index >= 15 is 0 Å². The molecular weight excluding hydrogens is 357 g/mol. The van der Waals surface area contributed by atoms with Crippen LogP contribution in [0.2, 0.25) is 0 Å². The molecule has 0 aliphatic carbocycles. The molecule has 0 atom stereocenters. The SMILES string of the molecule is O.[Cl-].[Cl-].[O]=[U+2]=[O]. The first-order chi connectivity index (χ1) is 1.41. The van der Waals surface area contributed by atoms with E-state index in [4.69, 9.17) is 4.47 Å². The molecule has 0 aromatic rings. The summed E-state index contributed by atoms with van der Waals surface area (Å²) in [7, 11) is 0. The van der Waals surface area contributed by atoms with E-state index in [-0.39, 0.29) is 30.3 Å². The van der Waals surface area contributed by atoms with Crippen molar-refractivity contribution in [2.24, 2.45) is 0 Å². The van der Waals surface area contributed by atoms with Crippen molar-refractivity contribution >= 4 is 0 Å². The van der Waals surface area contributed by atoms with Gasteiger partial charge in [-0.15, -0.1) is 0 Å². The van der Waals surface area contributed by atoms with Crippen LogP contribution in [0.5, 0.6) is 0 Å². The molecule has 0 spiro atoms. The second-order valence-electron chi connectivity index (χ2n) is 0.0833. The molecule has 0 rings (SSSR count). The van der Waals surface area contributed by atoms with Crippen LogP contribution in [0.25, 0.3) is 0 Å². The molecule has 0 aliphatic rings. The van der Waals surface area contributed by atoms with Crippen LogP contribution in [-0.4, -0.2) is 5.48 Å². The van der Waals surface area contributed by atoms with Gasteiger partial charge in [0, 0.05) is 0 Å². The maximum atomic E-state index is 8.58. The second-order valence-corrected chi connectivity index (χ2v) is 0.777. The van der Waals surface area contributed by atoms with Gasteiger partial charge in [-0.2, -0.15) is 0 Å². The number of hydrogen-bond acceptors (Lipinski definition) is 2. The Labute approximate surface area is 62.2 Å². The van der Waals surface area contributed by atoms with Gasteiger partial charge in [-0.05, 0) is 0 Å². The molecule has 38 valence electrons. The predicted octanol–water partition coefficient (Wildman–Crippen LogP) is -7.05. The van der Waals surface area contributed by atoms with Crippen molar-refractivity contribution < 1.29 is 62.6 Å². The summed E-state index contributed by atoms with van der Waals surface area (Å²) in [4.78, 5) is 0. The molecule has 0 amide bonds. The predicted molar refractivity (Wildman–Crippen MR) is 4.99 cm³/mol. The Morgan fingerprint density at radius 1 is 1.00 bits per heavy atom. The van der Waals surface area contributed by atoms with Gasteiger partial charge in [0.05, 0.1) is 0 Å². The Kier molecular flexibility index (Phi) is 157. The minimum absolute atomic E-state index is 0. The van der Waals surface area contributed by atoms with E-state index in [0.29, 0.717) is 0 Å². The molecule has 0 saturated heterocycles. The van der Waals surface area contributed by atoms with Crippen LogP contribution in [0.15, 0.2) is 0 Å². The van der Waals surface area contributed by atoms with Crippen LogP contribution in [0, 0.1) is 27.8 Å². The normalized spacial score (nSPS) is 1.33. The third-order valence-electron chi connectivity index (χ3n) is 0. The molecule has 0 heterocycles. The van der Waals surface area contributed by atoms with E-state index in [1.54, 1.807) is 0 Å². The molecule has 0 fully saturated rings. The zero-order chi connectivity index (χ0) is 2.71. The molecule has 0 unspecified atom stereocenters. The summed E-state index contributed by atoms with van der Waals surface area (Å²) < 4.78 is 17.2. The summed E-state index contributed by atoms with van der Waals surface area (Å²) in [6.07, 6.45) is 0. The van der Waals surface area contributed by atoms with Crippen molar-refractivity contribution in [3.8, 4) is 0 Å². The van der Waals surface area contributed by atoms with Gasteiger partial charge >= 0.3 is 32.3 Å². The van der Waals surface area contributed by atoms with E-state index in [0.717, 1.165) is 0 Å². The Balaban J connectivity index is -0.00000000667. The summed E-state index contributed by atoms with van der Waals surface area (Å²) in [6, 6.07) is 0. The summed E-state index contributed by atoms with van der Waals surface area (Å²) in [5.74, 6) is 0. The van der Waals surface area contributed by atoms with Gasteiger partial charge in [-0.3, -0.25) is 0 Å². The number of hydrogen-bond donors (Lipinski definition) is 0. The molecule has 0 aromatic heterocycles. The summed E-state index contributed by atoms with van der Waals surface area (Å²) in [5, 5.41) is 0. The van der Waals surface area contributed by atoms with Gasteiger partial charge in [-0.1, -0.05) is 0 Å². The summed E-state index contributed by atoms with van der Waals surface area (Å²) in [5.41, 5.74) is 0. The van der Waals surface area contributed by atoms with Crippen molar-refractivity contribution in [1.29, 1.82) is 0 Å². The first-order valence-electron chi connectivity index (χ1n) is 0.408. The second kappa shape index (κ2) is 34.7. The standard InChI is InChI=1S/2ClH.H2O.2O.U/h2*1H;1H2;;;/q;;;;;+2/p-2. The van der Waals surface area contributed by atoms with Crippen LogP contribution < -0.4 is 24.8 Å². The summed E-state index contributed by atoms with van der Waals surface area (Å²) in [6.45, 7) is 0. The Morgan fingerprint density at radius 2 is 1.00 bits per heavy atom. The molecule has 0 aliphatic heterocycles. The van der Waals surface area contributed by atoms with Crippen molar-refractivity contribution in [2.45, 2.75) is 0 Å². The van der Waals surface area contributed by atoms with Crippen molar-refractivity contribution in [1.82, 2.24) is 0 Å². The topological polar surface area (TPSA) is 65.6 Å². The Morgan fingerprint density at radius 3 is 1.00 bits per heavy atom. The Hall–Kier alpha value is 1.19. The molecule has 2 N–H and O–H groups in total. The van der Waals surface area contributed by atoms with Crippen LogP contribution in [0.3, 0.4) is 0 Å². The molecule has 0 bridgehead atoms. The van der Waals surface area contributed by atoms with E-state index in [2.05, 4.69) is 0 Å². The van der Waals surface area contributed by atoms with Crippen LogP contribution in [0.1, 0.15) is 0 Å². The molecule has 0 aromatic carbocycles. The minimum atomic E-state index is -2.51. The van der Waals surface area contributed by atoms with Crippen molar-refractivity contribution in [3.05, 3.63) is 0 Å². The van der Waals surface area contributed by atoms with Gasteiger partial charge in [0.15, 0.2) is 0 Å². The fourth-order valence-corrected chi connectivity index (χ4v) is 0. The van der Waals surface area contributed by atoms with Gasteiger partial charge in [-0.25, -0.2) is 0 Å². The molecule has 3 nitrogen and oxygen atoms in total. The van der Waals surface area contributed by atoms with Gasteiger partial charge in [0.25, 0.3) is 0 Å². The first kappa shape index (κ1) is 27.1. The van der Waals surface area contributed by atoms with Crippen molar-refractivity contribution in [2.75, 3.05) is 0 Å². The maximum absolute atomic E-state index is 8.58. The van der Waals surface area contributed by atoms with E-state index in [1.807, 2.05) is 0 Å². The van der Waals surface area contributed by atoms with Gasteiger partial charge < -0.3 is 30.3 Å². The zero-order valence-corrected chi connectivity index (χ0v) is 8.25. The molecule has 0 saturated carbocycles. The average Bonchev–Trinajstić information content (AvgIpc) is 0.918. The fourth-order valence-electron chi connectivity index (χ4n) is 0. The van der Waals surface area contributed by atoms with Crippen molar-refractivity contribution in [3.63, 3.8) is 0 Å². The average molecular weight is 359 g/mol. The van der Waals surface area contributed by atoms with Crippen LogP contribution in [-0.2, 0) is 4.47 Å². The molecule has 6 heteroatoms. The Bertz CT molecular complexity index is 29.8. The van der Waals surface area contributed by atoms with Gasteiger partial charge in [0.2, 0.25) is 0 Å².